The van der Waals surface area contributed by atoms with E-state index in [9.17, 15) is 9.59 Å². The van der Waals surface area contributed by atoms with E-state index in [0.717, 1.165) is 11.1 Å². The molecule has 1 atom stereocenters. The number of rotatable bonds is 9. The predicted molar refractivity (Wildman–Crippen MR) is 153 cm³/mol. The number of thioether (sulfide) groups is 1. The summed E-state index contributed by atoms with van der Waals surface area (Å²) in [5.74, 6) is 0.368. The van der Waals surface area contributed by atoms with Gasteiger partial charge in [-0.2, -0.15) is 0 Å². The van der Waals surface area contributed by atoms with Crippen molar-refractivity contribution in [1.82, 2.24) is 9.55 Å². The van der Waals surface area contributed by atoms with E-state index in [1.165, 1.54) is 11.8 Å². The van der Waals surface area contributed by atoms with Crippen LogP contribution >= 0.6 is 11.8 Å². The number of para-hydroxylation sites is 3. The molecule has 0 aliphatic rings. The van der Waals surface area contributed by atoms with Crippen molar-refractivity contribution >= 4 is 34.3 Å². The molecule has 1 aromatic heterocycles. The molecule has 0 spiro atoms. The SMILES string of the molecule is CCOc1ccccc1NC(=O)[C@H](Sc1nc2ccccc2c(=O)n1Cc1ccccc1)c1ccccc1. The highest BCUT2D eigenvalue weighted by atomic mass is 32.2. The number of hydrogen-bond donors (Lipinski definition) is 1. The van der Waals surface area contributed by atoms with Crippen molar-refractivity contribution < 1.29 is 9.53 Å². The van der Waals surface area contributed by atoms with E-state index in [-0.39, 0.29) is 11.5 Å². The highest BCUT2D eigenvalue weighted by molar-refractivity contribution is 8.00. The van der Waals surface area contributed by atoms with Crippen molar-refractivity contribution in [2.24, 2.45) is 0 Å². The van der Waals surface area contributed by atoms with E-state index in [2.05, 4.69) is 5.32 Å². The first-order chi connectivity index (χ1) is 18.6. The normalized spacial score (nSPS) is 11.7. The van der Waals surface area contributed by atoms with Crippen LogP contribution in [0.25, 0.3) is 10.9 Å². The van der Waals surface area contributed by atoms with Gasteiger partial charge in [0.15, 0.2) is 5.16 Å². The summed E-state index contributed by atoms with van der Waals surface area (Å²) >= 11 is 1.26. The van der Waals surface area contributed by atoms with E-state index >= 15 is 0 Å². The van der Waals surface area contributed by atoms with Crippen LogP contribution in [-0.4, -0.2) is 22.1 Å². The molecule has 0 saturated heterocycles. The highest BCUT2D eigenvalue weighted by Gasteiger charge is 2.26. The Morgan fingerprint density at radius 1 is 0.895 bits per heavy atom. The average molecular weight is 522 g/mol. The van der Waals surface area contributed by atoms with Crippen LogP contribution in [-0.2, 0) is 11.3 Å². The van der Waals surface area contributed by atoms with Gasteiger partial charge in [0.1, 0.15) is 11.0 Å². The Bertz CT molecular complexity index is 1600. The van der Waals surface area contributed by atoms with Crippen LogP contribution < -0.4 is 15.6 Å². The summed E-state index contributed by atoms with van der Waals surface area (Å²) in [6.45, 7) is 2.73. The monoisotopic (exact) mass is 521 g/mol. The number of anilines is 1. The molecular formula is C31H27N3O3S. The second-order valence-electron chi connectivity index (χ2n) is 8.62. The number of carbonyl (C=O) groups excluding carboxylic acids is 1. The zero-order valence-electron chi connectivity index (χ0n) is 20.9. The third kappa shape index (κ3) is 5.63. The van der Waals surface area contributed by atoms with Gasteiger partial charge in [-0.3, -0.25) is 14.2 Å². The number of nitrogens with one attached hydrogen (secondary N) is 1. The smallest absolute Gasteiger partial charge is 0.262 e. The van der Waals surface area contributed by atoms with Gasteiger partial charge in [-0.25, -0.2) is 4.98 Å². The lowest BCUT2D eigenvalue weighted by atomic mass is 10.1. The van der Waals surface area contributed by atoms with Crippen LogP contribution in [0.4, 0.5) is 5.69 Å². The number of hydrogen-bond acceptors (Lipinski definition) is 5. The van der Waals surface area contributed by atoms with Crippen LogP contribution in [0.3, 0.4) is 0 Å². The molecule has 5 rings (SSSR count). The molecule has 0 aliphatic heterocycles. The molecule has 6 nitrogen and oxygen atoms in total. The van der Waals surface area contributed by atoms with E-state index in [1.54, 1.807) is 10.6 Å². The minimum absolute atomic E-state index is 0.143. The van der Waals surface area contributed by atoms with Crippen LogP contribution in [0.5, 0.6) is 5.75 Å². The first-order valence-electron chi connectivity index (χ1n) is 12.4. The molecule has 38 heavy (non-hydrogen) atoms. The lowest BCUT2D eigenvalue weighted by Crippen LogP contribution is -2.26. The Labute approximate surface area is 225 Å². The molecule has 4 aromatic carbocycles. The number of aromatic nitrogens is 2. The maximum Gasteiger partial charge on any atom is 0.262 e. The van der Waals surface area contributed by atoms with Crippen molar-refractivity contribution in [1.29, 1.82) is 0 Å². The molecule has 1 amide bonds. The molecule has 0 fully saturated rings. The third-order valence-electron chi connectivity index (χ3n) is 6.02. The Morgan fingerprint density at radius 2 is 1.55 bits per heavy atom. The van der Waals surface area contributed by atoms with Gasteiger partial charge < -0.3 is 10.1 Å². The summed E-state index contributed by atoms with van der Waals surface area (Å²) < 4.78 is 7.36. The van der Waals surface area contributed by atoms with Crippen molar-refractivity contribution in [2.45, 2.75) is 23.9 Å². The number of nitrogens with zero attached hydrogens (tertiary/aromatic N) is 2. The Morgan fingerprint density at radius 3 is 2.32 bits per heavy atom. The molecule has 0 radical (unpaired) electrons. The largest absolute Gasteiger partial charge is 0.492 e. The number of benzene rings is 4. The van der Waals surface area contributed by atoms with E-state index < -0.39 is 5.25 Å². The maximum absolute atomic E-state index is 13.8. The fourth-order valence-corrected chi connectivity index (χ4v) is 5.29. The van der Waals surface area contributed by atoms with Crippen molar-refractivity contribution in [3.8, 4) is 5.75 Å². The summed E-state index contributed by atoms with van der Waals surface area (Å²) in [4.78, 5) is 32.3. The second kappa shape index (κ2) is 11.8. The molecule has 0 bridgehead atoms. The summed E-state index contributed by atoms with van der Waals surface area (Å²) in [5.41, 5.74) is 2.82. The van der Waals surface area contributed by atoms with Gasteiger partial charge in [-0.1, -0.05) is 96.7 Å². The van der Waals surface area contributed by atoms with E-state index in [4.69, 9.17) is 9.72 Å². The number of fused-ring (bicyclic) bond motifs is 1. The predicted octanol–water partition coefficient (Wildman–Crippen LogP) is 6.32. The molecule has 5 aromatic rings. The van der Waals surface area contributed by atoms with Crippen LogP contribution in [0, 0.1) is 0 Å². The minimum atomic E-state index is -0.666. The molecule has 0 aliphatic carbocycles. The molecule has 0 unspecified atom stereocenters. The number of carbonyl (C=O) groups is 1. The van der Waals surface area contributed by atoms with E-state index in [0.29, 0.717) is 40.6 Å². The quantitative estimate of drug-likeness (QED) is 0.182. The molecule has 7 heteroatoms. The lowest BCUT2D eigenvalue weighted by molar-refractivity contribution is -0.115. The second-order valence-corrected chi connectivity index (χ2v) is 9.69. The van der Waals surface area contributed by atoms with Gasteiger partial charge in [-0.15, -0.1) is 0 Å². The highest BCUT2D eigenvalue weighted by Crippen LogP contribution is 2.36. The van der Waals surface area contributed by atoms with Crippen molar-refractivity contribution in [3.05, 3.63) is 131 Å². The first kappa shape index (κ1) is 25.3. The number of amides is 1. The Kier molecular flexibility index (Phi) is 7.85. The third-order valence-corrected chi connectivity index (χ3v) is 7.26. The van der Waals surface area contributed by atoms with Crippen molar-refractivity contribution in [2.75, 3.05) is 11.9 Å². The molecule has 0 saturated carbocycles. The molecule has 1 N–H and O–H groups in total. The number of ether oxygens (including phenoxy) is 1. The summed E-state index contributed by atoms with van der Waals surface area (Å²) in [6.07, 6.45) is 0. The lowest BCUT2D eigenvalue weighted by Gasteiger charge is -2.20. The van der Waals surface area contributed by atoms with Gasteiger partial charge in [0.25, 0.3) is 5.56 Å². The van der Waals surface area contributed by atoms with Gasteiger partial charge in [-0.05, 0) is 42.3 Å². The fraction of sp³-hybridized carbons (Fsp3) is 0.129. The van der Waals surface area contributed by atoms with Gasteiger partial charge >= 0.3 is 0 Å². The van der Waals surface area contributed by atoms with Gasteiger partial charge in [0.05, 0.1) is 29.7 Å². The summed E-state index contributed by atoms with van der Waals surface area (Å²) in [7, 11) is 0. The standard InChI is InChI=1S/C31H27N3O3S/c1-2-37-27-20-12-11-19-26(27)32-29(35)28(23-15-7-4-8-16-23)38-31-33-25-18-10-9-17-24(25)30(36)34(31)21-22-13-5-3-6-14-22/h3-20,28H,2,21H2,1H3,(H,32,35)/t28-/m1/s1. The van der Waals surface area contributed by atoms with Crippen molar-refractivity contribution in [3.63, 3.8) is 0 Å². The van der Waals surface area contributed by atoms with Crippen LogP contribution in [0.2, 0.25) is 0 Å². The molecule has 190 valence electrons. The first-order valence-corrected chi connectivity index (χ1v) is 13.3. The Hall–Kier alpha value is -4.36. The Balaban J connectivity index is 1.57. The molecule has 1 heterocycles. The van der Waals surface area contributed by atoms with Gasteiger partial charge in [0, 0.05) is 0 Å². The zero-order chi connectivity index (χ0) is 26.3. The zero-order valence-corrected chi connectivity index (χ0v) is 21.7. The van der Waals surface area contributed by atoms with Gasteiger partial charge in [0.2, 0.25) is 5.91 Å². The van der Waals surface area contributed by atoms with Crippen LogP contribution in [0.1, 0.15) is 23.3 Å². The minimum Gasteiger partial charge on any atom is -0.492 e. The summed E-state index contributed by atoms with van der Waals surface area (Å²) in [5, 5.41) is 3.38. The topological polar surface area (TPSA) is 73.2 Å². The summed E-state index contributed by atoms with van der Waals surface area (Å²) in [6, 6.07) is 34.0. The average Bonchev–Trinajstić information content (AvgIpc) is 2.96. The molecular weight excluding hydrogens is 494 g/mol. The van der Waals surface area contributed by atoms with Crippen LogP contribution in [0.15, 0.2) is 119 Å². The maximum atomic E-state index is 13.8. The van der Waals surface area contributed by atoms with E-state index in [1.807, 2.05) is 110 Å². The fourth-order valence-electron chi connectivity index (χ4n) is 4.20.